The minimum absolute atomic E-state index is 0.0464. The van der Waals surface area contributed by atoms with E-state index in [1.807, 2.05) is 25.1 Å². The standard InChI is InChI=1S/C21H25NO4/c1-14(2)18(16-7-5-4-6-8-16)12-20(23)22-19-10-9-17(11-15(19)3)26-13-21(24)25/h4-11,14,18H,12-13H2,1-3H3,(H,22,23)(H,24,25). The van der Waals surface area contributed by atoms with Gasteiger partial charge in [0.1, 0.15) is 5.75 Å². The molecule has 0 aliphatic rings. The van der Waals surface area contributed by atoms with Crippen LogP contribution in [0, 0.1) is 12.8 Å². The first-order valence-electron chi connectivity index (χ1n) is 8.67. The zero-order valence-corrected chi connectivity index (χ0v) is 15.4. The van der Waals surface area contributed by atoms with E-state index in [0.29, 0.717) is 23.8 Å². The van der Waals surface area contributed by atoms with Crippen molar-refractivity contribution >= 4 is 17.6 Å². The van der Waals surface area contributed by atoms with Crippen molar-refractivity contribution in [1.82, 2.24) is 0 Å². The van der Waals surface area contributed by atoms with Crippen molar-refractivity contribution in [2.24, 2.45) is 5.92 Å². The minimum Gasteiger partial charge on any atom is -0.482 e. The third-order valence-electron chi connectivity index (χ3n) is 4.27. The van der Waals surface area contributed by atoms with Gasteiger partial charge >= 0.3 is 5.97 Å². The summed E-state index contributed by atoms with van der Waals surface area (Å²) in [5, 5.41) is 11.6. The lowest BCUT2D eigenvalue weighted by Crippen LogP contribution is -2.19. The predicted octanol–water partition coefficient (Wildman–Crippen LogP) is 4.23. The molecule has 2 rings (SSSR count). The van der Waals surface area contributed by atoms with Gasteiger partial charge in [0.15, 0.2) is 6.61 Å². The largest absolute Gasteiger partial charge is 0.482 e. The molecule has 5 heteroatoms. The molecule has 1 amide bonds. The zero-order valence-electron chi connectivity index (χ0n) is 15.4. The van der Waals surface area contributed by atoms with Crippen molar-refractivity contribution in [1.29, 1.82) is 0 Å². The predicted molar refractivity (Wildman–Crippen MR) is 102 cm³/mol. The summed E-state index contributed by atoms with van der Waals surface area (Å²) in [5.41, 5.74) is 2.68. The van der Waals surface area contributed by atoms with Gasteiger partial charge in [0.25, 0.3) is 0 Å². The van der Waals surface area contributed by atoms with Gasteiger partial charge in [-0.1, -0.05) is 44.2 Å². The highest BCUT2D eigenvalue weighted by molar-refractivity contribution is 5.92. The van der Waals surface area contributed by atoms with E-state index in [0.717, 1.165) is 11.1 Å². The number of hydrogen-bond donors (Lipinski definition) is 2. The second-order valence-corrected chi connectivity index (χ2v) is 6.67. The van der Waals surface area contributed by atoms with Crippen LogP contribution in [0.2, 0.25) is 0 Å². The van der Waals surface area contributed by atoms with Crippen LogP contribution in [0.25, 0.3) is 0 Å². The number of aryl methyl sites for hydroxylation is 1. The molecular formula is C21H25NO4. The Morgan fingerprint density at radius 2 is 1.81 bits per heavy atom. The first kappa shape index (κ1) is 19.5. The second-order valence-electron chi connectivity index (χ2n) is 6.67. The molecule has 0 bridgehead atoms. The number of nitrogens with one attached hydrogen (secondary N) is 1. The maximum absolute atomic E-state index is 12.5. The minimum atomic E-state index is -1.03. The van der Waals surface area contributed by atoms with Crippen LogP contribution in [0.15, 0.2) is 48.5 Å². The van der Waals surface area contributed by atoms with E-state index < -0.39 is 12.6 Å². The van der Waals surface area contributed by atoms with Crippen molar-refractivity contribution in [3.05, 3.63) is 59.7 Å². The molecule has 0 saturated heterocycles. The highest BCUT2D eigenvalue weighted by Crippen LogP contribution is 2.29. The number of aliphatic carboxylic acids is 1. The van der Waals surface area contributed by atoms with Gasteiger partial charge in [0.05, 0.1) is 0 Å². The zero-order chi connectivity index (χ0) is 19.1. The third-order valence-corrected chi connectivity index (χ3v) is 4.27. The third kappa shape index (κ3) is 5.62. The van der Waals surface area contributed by atoms with Crippen LogP contribution < -0.4 is 10.1 Å². The topological polar surface area (TPSA) is 75.6 Å². The Kier molecular flexibility index (Phi) is 6.78. The SMILES string of the molecule is Cc1cc(OCC(=O)O)ccc1NC(=O)CC(c1ccccc1)C(C)C. The van der Waals surface area contributed by atoms with Gasteiger partial charge < -0.3 is 15.2 Å². The van der Waals surface area contributed by atoms with Gasteiger partial charge in [-0.3, -0.25) is 4.79 Å². The van der Waals surface area contributed by atoms with Crippen LogP contribution in [0.3, 0.4) is 0 Å². The summed E-state index contributed by atoms with van der Waals surface area (Å²) in [6.07, 6.45) is 0.401. The van der Waals surface area contributed by atoms with E-state index in [9.17, 15) is 9.59 Å². The lowest BCUT2D eigenvalue weighted by atomic mass is 9.85. The molecule has 0 heterocycles. The van der Waals surface area contributed by atoms with Gasteiger partial charge in [-0.05, 0) is 48.1 Å². The van der Waals surface area contributed by atoms with Crippen molar-refractivity contribution in [2.45, 2.75) is 33.1 Å². The van der Waals surface area contributed by atoms with E-state index in [4.69, 9.17) is 9.84 Å². The van der Waals surface area contributed by atoms with Gasteiger partial charge in [-0.25, -0.2) is 4.79 Å². The molecular weight excluding hydrogens is 330 g/mol. The fourth-order valence-electron chi connectivity index (χ4n) is 2.85. The number of carbonyl (C=O) groups excluding carboxylic acids is 1. The van der Waals surface area contributed by atoms with Crippen LogP contribution in [-0.2, 0) is 9.59 Å². The molecule has 0 aromatic heterocycles. The fraction of sp³-hybridized carbons (Fsp3) is 0.333. The second kappa shape index (κ2) is 9.04. The Balaban J connectivity index is 2.03. The smallest absolute Gasteiger partial charge is 0.341 e. The molecule has 0 radical (unpaired) electrons. The summed E-state index contributed by atoms with van der Waals surface area (Å²) < 4.78 is 5.15. The highest BCUT2D eigenvalue weighted by atomic mass is 16.5. The van der Waals surface area contributed by atoms with Gasteiger partial charge in [-0.15, -0.1) is 0 Å². The number of carbonyl (C=O) groups is 2. The Morgan fingerprint density at radius 3 is 2.38 bits per heavy atom. The van der Waals surface area contributed by atoms with E-state index >= 15 is 0 Å². The van der Waals surface area contributed by atoms with Gasteiger partial charge in [0, 0.05) is 12.1 Å². The van der Waals surface area contributed by atoms with Crippen molar-refractivity contribution < 1.29 is 19.4 Å². The normalized spacial score (nSPS) is 11.8. The number of anilines is 1. The molecule has 1 atom stereocenters. The molecule has 1 unspecified atom stereocenters. The molecule has 0 aliphatic heterocycles. The van der Waals surface area contributed by atoms with Crippen LogP contribution in [0.1, 0.15) is 37.3 Å². The molecule has 2 aromatic carbocycles. The molecule has 2 N–H and O–H groups in total. The molecule has 138 valence electrons. The van der Waals surface area contributed by atoms with Crippen molar-refractivity contribution in [3.8, 4) is 5.75 Å². The molecule has 0 saturated carbocycles. The summed E-state index contributed by atoms with van der Waals surface area (Å²) >= 11 is 0. The van der Waals surface area contributed by atoms with Crippen LogP contribution in [0.5, 0.6) is 5.75 Å². The lowest BCUT2D eigenvalue weighted by Gasteiger charge is -2.21. The number of benzene rings is 2. The van der Waals surface area contributed by atoms with E-state index in [1.54, 1.807) is 18.2 Å². The van der Waals surface area contributed by atoms with Crippen molar-refractivity contribution in [3.63, 3.8) is 0 Å². The van der Waals surface area contributed by atoms with Gasteiger partial charge in [0.2, 0.25) is 5.91 Å². The quantitative estimate of drug-likeness (QED) is 0.743. The Morgan fingerprint density at radius 1 is 1.12 bits per heavy atom. The Bertz CT molecular complexity index is 756. The number of carboxylic acids is 1. The Hall–Kier alpha value is -2.82. The molecule has 5 nitrogen and oxygen atoms in total. The van der Waals surface area contributed by atoms with E-state index in [2.05, 4.69) is 31.3 Å². The molecule has 0 spiro atoms. The summed E-state index contributed by atoms with van der Waals surface area (Å²) in [5.74, 6) is -0.117. The summed E-state index contributed by atoms with van der Waals surface area (Å²) in [7, 11) is 0. The number of rotatable bonds is 8. The fourth-order valence-corrected chi connectivity index (χ4v) is 2.85. The molecule has 0 aliphatic carbocycles. The monoisotopic (exact) mass is 355 g/mol. The van der Waals surface area contributed by atoms with Crippen LogP contribution in [0.4, 0.5) is 5.69 Å². The summed E-state index contributed by atoms with van der Waals surface area (Å²) in [6.45, 7) is 5.69. The number of ether oxygens (including phenoxy) is 1. The molecule has 2 aromatic rings. The Labute approximate surface area is 154 Å². The van der Waals surface area contributed by atoms with Crippen LogP contribution in [-0.4, -0.2) is 23.6 Å². The number of carboxylic acid groups (broad SMARTS) is 1. The maximum Gasteiger partial charge on any atom is 0.341 e. The molecule has 0 fully saturated rings. The average molecular weight is 355 g/mol. The van der Waals surface area contributed by atoms with Crippen molar-refractivity contribution in [2.75, 3.05) is 11.9 Å². The van der Waals surface area contributed by atoms with E-state index in [1.165, 1.54) is 0 Å². The number of hydrogen-bond acceptors (Lipinski definition) is 3. The average Bonchev–Trinajstić information content (AvgIpc) is 2.60. The first-order valence-corrected chi connectivity index (χ1v) is 8.67. The van der Waals surface area contributed by atoms with Crippen LogP contribution >= 0.6 is 0 Å². The summed E-state index contributed by atoms with van der Waals surface area (Å²) in [6, 6.07) is 15.2. The summed E-state index contributed by atoms with van der Waals surface area (Å²) in [4.78, 5) is 23.1. The lowest BCUT2D eigenvalue weighted by molar-refractivity contribution is -0.139. The number of amides is 1. The van der Waals surface area contributed by atoms with Gasteiger partial charge in [-0.2, -0.15) is 0 Å². The maximum atomic E-state index is 12.5. The van der Waals surface area contributed by atoms with E-state index in [-0.39, 0.29) is 11.8 Å². The first-order chi connectivity index (χ1) is 12.4. The molecule has 26 heavy (non-hydrogen) atoms. The highest BCUT2D eigenvalue weighted by Gasteiger charge is 2.20.